The Labute approximate surface area is 132 Å². The number of nitrogens with zero attached hydrogens (tertiary/aromatic N) is 3. The van der Waals surface area contributed by atoms with Crippen molar-refractivity contribution < 1.29 is 0 Å². The summed E-state index contributed by atoms with van der Waals surface area (Å²) in [5.74, 6) is 0.840. The van der Waals surface area contributed by atoms with E-state index in [1.54, 1.807) is 17.4 Å². The fourth-order valence-electron chi connectivity index (χ4n) is 2.40. The minimum absolute atomic E-state index is 0.179. The molecule has 0 saturated carbocycles. The van der Waals surface area contributed by atoms with E-state index in [4.69, 9.17) is 16.9 Å². The summed E-state index contributed by atoms with van der Waals surface area (Å²) in [5, 5.41) is 13.2. The van der Waals surface area contributed by atoms with Gasteiger partial charge in [0.05, 0.1) is 34.6 Å². The van der Waals surface area contributed by atoms with Crippen molar-refractivity contribution in [1.82, 2.24) is 9.55 Å². The number of hydrogen-bond donors (Lipinski definition) is 0. The third kappa shape index (κ3) is 2.55. The number of fused-ring (bicyclic) bond motifs is 1. The molecule has 1 atom stereocenters. The lowest BCUT2D eigenvalue weighted by molar-refractivity contribution is 0.741. The fourth-order valence-corrected chi connectivity index (χ4v) is 3.41. The van der Waals surface area contributed by atoms with Crippen LogP contribution in [0, 0.1) is 18.3 Å². The lowest BCUT2D eigenvalue weighted by atomic mass is 10.2. The van der Waals surface area contributed by atoms with Crippen molar-refractivity contribution in [3.05, 3.63) is 51.5 Å². The van der Waals surface area contributed by atoms with Gasteiger partial charge in [0, 0.05) is 0 Å². The quantitative estimate of drug-likeness (QED) is 0.661. The molecule has 0 spiro atoms. The molecule has 2 heterocycles. The first-order chi connectivity index (χ1) is 10.1. The molecule has 1 unspecified atom stereocenters. The van der Waals surface area contributed by atoms with Crippen molar-refractivity contribution in [2.45, 2.75) is 25.8 Å². The Bertz CT molecular complexity index is 839. The lowest BCUT2D eigenvalue weighted by Gasteiger charge is -2.10. The van der Waals surface area contributed by atoms with Gasteiger partial charge in [-0.2, -0.15) is 16.6 Å². The molecule has 3 aromatic rings. The molecule has 0 saturated heterocycles. The largest absolute Gasteiger partial charge is 0.322 e. The van der Waals surface area contributed by atoms with Crippen LogP contribution in [0.15, 0.2) is 29.0 Å². The first kappa shape index (κ1) is 14.1. The van der Waals surface area contributed by atoms with Crippen LogP contribution in [-0.4, -0.2) is 9.55 Å². The summed E-state index contributed by atoms with van der Waals surface area (Å²) in [5.41, 5.74) is 5.01. The van der Waals surface area contributed by atoms with Crippen LogP contribution in [0.5, 0.6) is 0 Å². The van der Waals surface area contributed by atoms with Gasteiger partial charge in [-0.05, 0) is 53.9 Å². The Morgan fingerprint density at radius 3 is 2.86 bits per heavy atom. The standard InChI is InChI=1S/C16H14ClN3S/c1-10-8-21-9-13(10)7-20-15-5-12(6-18)3-4-14(15)19-16(20)11(2)17/h3-5,8-9,11H,7H2,1-2H3. The van der Waals surface area contributed by atoms with E-state index in [0.717, 1.165) is 23.4 Å². The van der Waals surface area contributed by atoms with Crippen molar-refractivity contribution >= 4 is 34.0 Å². The number of hydrogen-bond acceptors (Lipinski definition) is 3. The van der Waals surface area contributed by atoms with E-state index in [1.165, 1.54) is 11.1 Å². The van der Waals surface area contributed by atoms with Gasteiger partial charge in [-0.3, -0.25) is 0 Å². The van der Waals surface area contributed by atoms with E-state index < -0.39 is 0 Å². The highest BCUT2D eigenvalue weighted by molar-refractivity contribution is 7.08. The predicted octanol–water partition coefficient (Wildman–Crippen LogP) is 4.63. The Kier molecular flexibility index (Phi) is 3.71. The second-order valence-corrected chi connectivity index (χ2v) is 6.47. The van der Waals surface area contributed by atoms with Gasteiger partial charge < -0.3 is 4.57 Å². The van der Waals surface area contributed by atoms with E-state index >= 15 is 0 Å². The molecular formula is C16H14ClN3S. The van der Waals surface area contributed by atoms with Gasteiger partial charge in [-0.25, -0.2) is 4.98 Å². The van der Waals surface area contributed by atoms with Crippen LogP contribution in [-0.2, 0) is 6.54 Å². The van der Waals surface area contributed by atoms with Crippen molar-refractivity contribution in [2.75, 3.05) is 0 Å². The van der Waals surface area contributed by atoms with Gasteiger partial charge in [0.25, 0.3) is 0 Å². The highest BCUT2D eigenvalue weighted by Crippen LogP contribution is 2.27. The van der Waals surface area contributed by atoms with Crippen LogP contribution in [0.1, 0.15) is 34.8 Å². The summed E-state index contributed by atoms with van der Waals surface area (Å²) in [6.45, 7) is 4.76. The molecule has 2 aromatic heterocycles. The molecule has 0 bridgehead atoms. The van der Waals surface area contributed by atoms with Crippen molar-refractivity contribution in [2.24, 2.45) is 0 Å². The monoisotopic (exact) mass is 315 g/mol. The summed E-state index contributed by atoms with van der Waals surface area (Å²) in [4.78, 5) is 4.62. The average molecular weight is 316 g/mol. The maximum atomic E-state index is 9.10. The van der Waals surface area contributed by atoms with E-state index in [1.807, 2.05) is 19.1 Å². The second-order valence-electron chi connectivity index (χ2n) is 5.07. The zero-order valence-corrected chi connectivity index (χ0v) is 13.4. The molecule has 0 radical (unpaired) electrons. The first-order valence-corrected chi connectivity index (χ1v) is 8.04. The van der Waals surface area contributed by atoms with Crippen LogP contribution < -0.4 is 0 Å². The van der Waals surface area contributed by atoms with Crippen molar-refractivity contribution in [3.8, 4) is 6.07 Å². The number of imidazole rings is 1. The molecule has 21 heavy (non-hydrogen) atoms. The van der Waals surface area contributed by atoms with Gasteiger partial charge in [0.15, 0.2) is 0 Å². The molecule has 0 aliphatic carbocycles. The highest BCUT2D eigenvalue weighted by atomic mass is 35.5. The van der Waals surface area contributed by atoms with E-state index in [9.17, 15) is 0 Å². The molecule has 106 valence electrons. The number of thiophene rings is 1. The van der Waals surface area contributed by atoms with E-state index in [2.05, 4.69) is 33.3 Å². The van der Waals surface area contributed by atoms with Gasteiger partial charge in [0.1, 0.15) is 5.82 Å². The zero-order valence-electron chi connectivity index (χ0n) is 11.8. The number of alkyl halides is 1. The summed E-state index contributed by atoms with van der Waals surface area (Å²) < 4.78 is 2.11. The van der Waals surface area contributed by atoms with E-state index in [0.29, 0.717) is 5.56 Å². The normalized spacial score (nSPS) is 12.5. The number of nitriles is 1. The third-order valence-corrected chi connectivity index (χ3v) is 4.66. The van der Waals surface area contributed by atoms with E-state index in [-0.39, 0.29) is 5.38 Å². The van der Waals surface area contributed by atoms with Gasteiger partial charge in [0.2, 0.25) is 0 Å². The number of aromatic nitrogens is 2. The van der Waals surface area contributed by atoms with Crippen LogP contribution in [0.3, 0.4) is 0 Å². The summed E-state index contributed by atoms with van der Waals surface area (Å²) >= 11 is 7.98. The Morgan fingerprint density at radius 2 is 2.24 bits per heavy atom. The smallest absolute Gasteiger partial charge is 0.128 e. The molecule has 3 nitrogen and oxygen atoms in total. The Morgan fingerprint density at radius 1 is 1.43 bits per heavy atom. The SMILES string of the molecule is Cc1cscc1Cn1c(C(C)Cl)nc2ccc(C#N)cc21. The van der Waals surface area contributed by atoms with Crippen LogP contribution >= 0.6 is 22.9 Å². The van der Waals surface area contributed by atoms with Crippen LogP contribution in [0.4, 0.5) is 0 Å². The second kappa shape index (κ2) is 5.51. The number of halogens is 1. The molecular weight excluding hydrogens is 302 g/mol. The Balaban J connectivity index is 2.19. The zero-order chi connectivity index (χ0) is 15.0. The lowest BCUT2D eigenvalue weighted by Crippen LogP contribution is -2.06. The molecule has 0 fully saturated rings. The third-order valence-electron chi connectivity index (χ3n) is 3.55. The van der Waals surface area contributed by atoms with Gasteiger partial charge >= 0.3 is 0 Å². The molecule has 5 heteroatoms. The first-order valence-electron chi connectivity index (χ1n) is 6.66. The molecule has 0 aliphatic heterocycles. The number of rotatable bonds is 3. The van der Waals surface area contributed by atoms with Crippen molar-refractivity contribution in [1.29, 1.82) is 5.26 Å². The summed E-state index contributed by atoms with van der Waals surface area (Å²) in [6.07, 6.45) is 0. The number of aryl methyl sites for hydroxylation is 1. The highest BCUT2D eigenvalue weighted by Gasteiger charge is 2.16. The van der Waals surface area contributed by atoms with Crippen LogP contribution in [0.2, 0.25) is 0 Å². The summed E-state index contributed by atoms with van der Waals surface area (Å²) in [6, 6.07) is 7.74. The minimum Gasteiger partial charge on any atom is -0.322 e. The average Bonchev–Trinajstić information content (AvgIpc) is 3.03. The fraction of sp³-hybridized carbons (Fsp3) is 0.250. The van der Waals surface area contributed by atoms with Gasteiger partial charge in [-0.15, -0.1) is 11.6 Å². The van der Waals surface area contributed by atoms with Crippen LogP contribution in [0.25, 0.3) is 11.0 Å². The number of benzene rings is 1. The predicted molar refractivity (Wildman–Crippen MR) is 86.9 cm³/mol. The molecule has 3 rings (SSSR count). The minimum atomic E-state index is -0.179. The Hall–Kier alpha value is -1.83. The molecule has 0 aliphatic rings. The molecule has 1 aromatic carbocycles. The maximum absolute atomic E-state index is 9.10. The molecule has 0 N–H and O–H groups in total. The molecule has 0 amide bonds. The van der Waals surface area contributed by atoms with Crippen molar-refractivity contribution in [3.63, 3.8) is 0 Å². The summed E-state index contributed by atoms with van der Waals surface area (Å²) in [7, 11) is 0. The maximum Gasteiger partial charge on any atom is 0.128 e. The topological polar surface area (TPSA) is 41.6 Å². The van der Waals surface area contributed by atoms with Gasteiger partial charge in [-0.1, -0.05) is 0 Å².